The van der Waals surface area contributed by atoms with Crippen LogP contribution in [0.25, 0.3) is 0 Å². The van der Waals surface area contributed by atoms with Crippen LogP contribution in [0.3, 0.4) is 0 Å². The number of alkyl halides is 3. The van der Waals surface area contributed by atoms with Gasteiger partial charge in [0.05, 0.1) is 11.3 Å². The first-order chi connectivity index (χ1) is 10.8. The number of amides is 1. The Morgan fingerprint density at radius 2 is 1.83 bits per heavy atom. The SMILES string of the molecule is Cc1ccc(OCC(=O)Nc2ccc(I)cc2C(F)(F)F)cc1. The summed E-state index contributed by atoms with van der Waals surface area (Å²) in [5, 5.41) is 2.24. The first kappa shape index (κ1) is 17.6. The fourth-order valence-corrected chi connectivity index (χ4v) is 2.32. The Balaban J connectivity index is 2.04. The van der Waals surface area contributed by atoms with Crippen LogP contribution in [0.4, 0.5) is 18.9 Å². The topological polar surface area (TPSA) is 38.3 Å². The fourth-order valence-electron chi connectivity index (χ4n) is 1.83. The van der Waals surface area contributed by atoms with E-state index in [-0.39, 0.29) is 12.3 Å². The van der Waals surface area contributed by atoms with Crippen LogP contribution in [0.5, 0.6) is 5.75 Å². The van der Waals surface area contributed by atoms with E-state index in [1.54, 1.807) is 34.7 Å². The molecule has 0 saturated carbocycles. The Morgan fingerprint density at radius 1 is 1.17 bits per heavy atom. The number of rotatable bonds is 4. The number of benzene rings is 2. The quantitative estimate of drug-likeness (QED) is 0.712. The highest BCUT2D eigenvalue weighted by Crippen LogP contribution is 2.35. The molecule has 0 aliphatic carbocycles. The van der Waals surface area contributed by atoms with Gasteiger partial charge in [-0.05, 0) is 59.8 Å². The number of ether oxygens (including phenoxy) is 1. The van der Waals surface area contributed by atoms with Crippen molar-refractivity contribution in [3.63, 3.8) is 0 Å². The molecule has 23 heavy (non-hydrogen) atoms. The molecule has 0 aliphatic rings. The number of nitrogens with one attached hydrogen (secondary N) is 1. The molecule has 0 radical (unpaired) electrons. The summed E-state index contributed by atoms with van der Waals surface area (Å²) in [6.07, 6.45) is -4.54. The first-order valence-corrected chi connectivity index (χ1v) is 7.69. The van der Waals surface area contributed by atoms with Crippen LogP contribution in [-0.4, -0.2) is 12.5 Å². The third-order valence-corrected chi connectivity index (χ3v) is 3.62. The van der Waals surface area contributed by atoms with E-state index in [9.17, 15) is 18.0 Å². The van der Waals surface area contributed by atoms with E-state index in [2.05, 4.69) is 5.32 Å². The normalized spacial score (nSPS) is 11.2. The lowest BCUT2D eigenvalue weighted by atomic mass is 10.1. The molecule has 0 fully saturated rings. The Hall–Kier alpha value is -1.77. The van der Waals surface area contributed by atoms with E-state index in [1.807, 2.05) is 19.1 Å². The summed E-state index contributed by atoms with van der Waals surface area (Å²) in [5.41, 5.74) is -0.126. The van der Waals surface area contributed by atoms with Gasteiger partial charge in [0.15, 0.2) is 6.61 Å². The minimum Gasteiger partial charge on any atom is -0.484 e. The smallest absolute Gasteiger partial charge is 0.418 e. The molecular formula is C16H13F3INO2. The zero-order valence-electron chi connectivity index (χ0n) is 12.1. The van der Waals surface area contributed by atoms with Crippen molar-refractivity contribution in [3.8, 4) is 5.75 Å². The summed E-state index contributed by atoms with van der Waals surface area (Å²) in [7, 11) is 0. The van der Waals surface area contributed by atoms with Crippen LogP contribution >= 0.6 is 22.6 Å². The van der Waals surface area contributed by atoms with Gasteiger partial charge in [-0.15, -0.1) is 0 Å². The van der Waals surface area contributed by atoms with E-state index in [0.29, 0.717) is 9.32 Å². The molecule has 2 aromatic carbocycles. The van der Waals surface area contributed by atoms with Gasteiger partial charge in [0, 0.05) is 3.57 Å². The summed E-state index contributed by atoms with van der Waals surface area (Å²) in [5.74, 6) is -0.179. The number of carbonyl (C=O) groups is 1. The lowest BCUT2D eigenvalue weighted by Crippen LogP contribution is -2.22. The van der Waals surface area contributed by atoms with Gasteiger partial charge in [0.25, 0.3) is 5.91 Å². The highest BCUT2D eigenvalue weighted by molar-refractivity contribution is 14.1. The number of halogens is 4. The summed E-state index contributed by atoms with van der Waals surface area (Å²) in [4.78, 5) is 11.8. The lowest BCUT2D eigenvalue weighted by molar-refractivity contribution is -0.137. The minimum atomic E-state index is -4.54. The molecule has 2 rings (SSSR count). The maximum absolute atomic E-state index is 13.0. The third-order valence-electron chi connectivity index (χ3n) is 2.95. The second-order valence-electron chi connectivity index (χ2n) is 4.84. The standard InChI is InChI=1S/C16H13F3INO2/c1-10-2-5-12(6-3-10)23-9-15(22)21-14-7-4-11(20)8-13(14)16(17,18)19/h2-8H,9H2,1H3,(H,21,22). The number of carbonyl (C=O) groups excluding carboxylic acids is 1. The first-order valence-electron chi connectivity index (χ1n) is 6.62. The van der Waals surface area contributed by atoms with Gasteiger partial charge < -0.3 is 10.1 Å². The summed E-state index contributed by atoms with van der Waals surface area (Å²) < 4.78 is 44.6. The summed E-state index contributed by atoms with van der Waals surface area (Å²) in [6, 6.07) is 10.7. The van der Waals surface area contributed by atoms with Crippen molar-refractivity contribution in [2.45, 2.75) is 13.1 Å². The Kier molecular flexibility index (Phi) is 5.51. The van der Waals surface area contributed by atoms with E-state index >= 15 is 0 Å². The van der Waals surface area contributed by atoms with Gasteiger partial charge in [-0.2, -0.15) is 13.2 Å². The molecule has 2 aromatic rings. The average Bonchev–Trinajstić information content (AvgIpc) is 2.47. The third kappa shape index (κ3) is 5.12. The van der Waals surface area contributed by atoms with Crippen LogP contribution in [0.2, 0.25) is 0 Å². The number of hydrogen-bond donors (Lipinski definition) is 1. The Morgan fingerprint density at radius 3 is 2.43 bits per heavy atom. The van der Waals surface area contributed by atoms with E-state index < -0.39 is 17.6 Å². The van der Waals surface area contributed by atoms with Crippen LogP contribution in [0.1, 0.15) is 11.1 Å². The van der Waals surface area contributed by atoms with Crippen molar-refractivity contribution in [2.24, 2.45) is 0 Å². The lowest BCUT2D eigenvalue weighted by Gasteiger charge is -2.14. The highest BCUT2D eigenvalue weighted by atomic mass is 127. The van der Waals surface area contributed by atoms with E-state index in [0.717, 1.165) is 11.6 Å². The van der Waals surface area contributed by atoms with Crippen molar-refractivity contribution in [2.75, 3.05) is 11.9 Å². The molecule has 0 bridgehead atoms. The van der Waals surface area contributed by atoms with Gasteiger partial charge >= 0.3 is 6.18 Å². The average molecular weight is 435 g/mol. The fraction of sp³-hybridized carbons (Fsp3) is 0.188. The van der Waals surface area contributed by atoms with E-state index in [1.165, 1.54) is 12.1 Å². The molecule has 7 heteroatoms. The molecule has 1 amide bonds. The van der Waals surface area contributed by atoms with Gasteiger partial charge in [0.1, 0.15) is 5.75 Å². The zero-order chi connectivity index (χ0) is 17.0. The molecule has 0 unspecified atom stereocenters. The van der Waals surface area contributed by atoms with Gasteiger partial charge in [0.2, 0.25) is 0 Å². The van der Waals surface area contributed by atoms with Crippen LogP contribution < -0.4 is 10.1 Å². The molecule has 1 N–H and O–H groups in total. The molecule has 0 heterocycles. The Labute approximate surface area is 145 Å². The van der Waals surface area contributed by atoms with Crippen LogP contribution in [0, 0.1) is 10.5 Å². The predicted molar refractivity (Wildman–Crippen MR) is 89.5 cm³/mol. The maximum atomic E-state index is 13.0. The summed E-state index contributed by atoms with van der Waals surface area (Å²) >= 11 is 1.79. The molecular weight excluding hydrogens is 422 g/mol. The van der Waals surface area contributed by atoms with Crippen LogP contribution in [0.15, 0.2) is 42.5 Å². The molecule has 0 spiro atoms. The highest BCUT2D eigenvalue weighted by Gasteiger charge is 2.34. The van der Waals surface area contributed by atoms with Crippen molar-refractivity contribution in [3.05, 3.63) is 57.2 Å². The van der Waals surface area contributed by atoms with Gasteiger partial charge in [-0.25, -0.2) is 0 Å². The number of hydrogen-bond acceptors (Lipinski definition) is 2. The zero-order valence-corrected chi connectivity index (χ0v) is 14.2. The molecule has 0 aliphatic heterocycles. The molecule has 3 nitrogen and oxygen atoms in total. The predicted octanol–water partition coefficient (Wildman–Crippen LogP) is 4.64. The molecule has 0 saturated heterocycles. The largest absolute Gasteiger partial charge is 0.484 e. The second-order valence-corrected chi connectivity index (χ2v) is 6.08. The van der Waals surface area contributed by atoms with Gasteiger partial charge in [-0.1, -0.05) is 17.7 Å². The molecule has 0 atom stereocenters. The van der Waals surface area contributed by atoms with Crippen molar-refractivity contribution >= 4 is 34.2 Å². The number of aryl methyl sites for hydroxylation is 1. The van der Waals surface area contributed by atoms with Crippen LogP contribution in [-0.2, 0) is 11.0 Å². The van der Waals surface area contributed by atoms with Crippen molar-refractivity contribution < 1.29 is 22.7 Å². The second kappa shape index (κ2) is 7.20. The summed E-state index contributed by atoms with van der Waals surface area (Å²) in [6.45, 7) is 1.54. The van der Waals surface area contributed by atoms with Crippen molar-refractivity contribution in [1.29, 1.82) is 0 Å². The number of anilines is 1. The Bertz CT molecular complexity index is 699. The monoisotopic (exact) mass is 435 g/mol. The van der Waals surface area contributed by atoms with E-state index in [4.69, 9.17) is 4.74 Å². The minimum absolute atomic E-state index is 0.282. The van der Waals surface area contributed by atoms with Gasteiger partial charge in [-0.3, -0.25) is 4.79 Å². The molecule has 122 valence electrons. The molecule has 0 aromatic heterocycles. The maximum Gasteiger partial charge on any atom is 0.418 e. The van der Waals surface area contributed by atoms with Crippen molar-refractivity contribution in [1.82, 2.24) is 0 Å².